The Balaban J connectivity index is 2.15. The van der Waals surface area contributed by atoms with E-state index in [9.17, 15) is 10.5 Å². The van der Waals surface area contributed by atoms with Crippen LogP contribution in [-0.4, -0.2) is 12.1 Å². The Bertz CT molecular complexity index is 747. The average Bonchev–Trinajstić information content (AvgIpc) is 3.08. The molecule has 0 radical (unpaired) electrons. The first-order valence-corrected chi connectivity index (χ1v) is 8.83. The molecule has 1 N–H and O–H groups in total. The molecule has 2 unspecified atom stereocenters. The van der Waals surface area contributed by atoms with Crippen LogP contribution >= 0.6 is 0 Å². The van der Waals surface area contributed by atoms with Crippen LogP contribution in [0.2, 0.25) is 0 Å². The van der Waals surface area contributed by atoms with Gasteiger partial charge in [0.2, 0.25) is 0 Å². The van der Waals surface area contributed by atoms with E-state index in [-0.39, 0.29) is 29.4 Å². The molecule has 0 aliphatic carbocycles. The first-order valence-electron chi connectivity index (χ1n) is 8.83. The Morgan fingerprint density at radius 1 is 1.16 bits per heavy atom. The van der Waals surface area contributed by atoms with E-state index in [1.807, 2.05) is 30.4 Å². The summed E-state index contributed by atoms with van der Waals surface area (Å²) in [5.41, 5.74) is 2.46. The minimum Gasteiger partial charge on any atom is -0.310 e. The van der Waals surface area contributed by atoms with Gasteiger partial charge >= 0.3 is 0 Å². The molecule has 0 amide bonds. The normalized spacial score (nSPS) is 28.5. The molecular formula is C22H23N3. The highest BCUT2D eigenvalue weighted by Gasteiger charge is 2.47. The largest absolute Gasteiger partial charge is 0.310 e. The van der Waals surface area contributed by atoms with Crippen LogP contribution < -0.4 is 5.32 Å². The van der Waals surface area contributed by atoms with Gasteiger partial charge in [0.25, 0.3) is 0 Å². The van der Waals surface area contributed by atoms with Crippen molar-refractivity contribution in [2.75, 3.05) is 0 Å². The van der Waals surface area contributed by atoms with Gasteiger partial charge in [-0.2, -0.15) is 10.5 Å². The Kier molecular flexibility index (Phi) is 5.17. The molecule has 2 fully saturated rings. The molecule has 3 rings (SSSR count). The molecule has 2 heterocycles. The first-order chi connectivity index (χ1) is 12.2. The van der Waals surface area contributed by atoms with Gasteiger partial charge in [0, 0.05) is 29.8 Å². The third-order valence-corrected chi connectivity index (χ3v) is 5.65. The van der Waals surface area contributed by atoms with E-state index in [2.05, 4.69) is 42.7 Å². The van der Waals surface area contributed by atoms with Gasteiger partial charge in [-0.05, 0) is 30.4 Å². The van der Waals surface area contributed by atoms with Crippen LogP contribution in [0.1, 0.15) is 30.7 Å². The van der Waals surface area contributed by atoms with Crippen molar-refractivity contribution in [3.8, 4) is 12.1 Å². The van der Waals surface area contributed by atoms with Gasteiger partial charge in [0.05, 0.1) is 0 Å². The van der Waals surface area contributed by atoms with E-state index in [0.717, 1.165) is 24.8 Å². The second kappa shape index (κ2) is 7.51. The van der Waals surface area contributed by atoms with Crippen LogP contribution in [0.5, 0.6) is 0 Å². The van der Waals surface area contributed by atoms with Crippen molar-refractivity contribution in [1.82, 2.24) is 5.32 Å². The second-order valence-electron chi connectivity index (χ2n) is 6.84. The zero-order chi connectivity index (χ0) is 17.8. The van der Waals surface area contributed by atoms with Crippen molar-refractivity contribution in [1.29, 1.82) is 10.5 Å². The molecule has 5 atom stereocenters. The highest BCUT2D eigenvalue weighted by molar-refractivity contribution is 5.47. The third kappa shape index (κ3) is 3.04. The fraction of sp³-hybridized carbons (Fsp3) is 0.364. The standard InChI is InChI=1S/C22H23N3/c1-3-8-18-19-11-12-20(25-19)22(21(18)16(13-23)14-24)17(4-2)15-9-6-5-7-10-15/h3-7,9-10,17-20,22,25H,1-2,8,11-12H2/t17-,18?,19-,20+,22?/m0/s1. The van der Waals surface area contributed by atoms with E-state index in [1.54, 1.807) is 0 Å². The summed E-state index contributed by atoms with van der Waals surface area (Å²) in [7, 11) is 0. The topological polar surface area (TPSA) is 59.6 Å². The summed E-state index contributed by atoms with van der Waals surface area (Å²) in [5.74, 6) is 0.316. The summed E-state index contributed by atoms with van der Waals surface area (Å²) in [6.45, 7) is 7.97. The molecule has 25 heavy (non-hydrogen) atoms. The van der Waals surface area contributed by atoms with Gasteiger partial charge in [0.1, 0.15) is 17.7 Å². The predicted molar refractivity (Wildman–Crippen MR) is 99.4 cm³/mol. The van der Waals surface area contributed by atoms with Crippen LogP contribution in [-0.2, 0) is 0 Å². The zero-order valence-electron chi connectivity index (χ0n) is 14.4. The van der Waals surface area contributed by atoms with Gasteiger partial charge in [-0.25, -0.2) is 0 Å². The maximum absolute atomic E-state index is 9.60. The molecular weight excluding hydrogens is 306 g/mol. The molecule has 1 aromatic rings. The summed E-state index contributed by atoms with van der Waals surface area (Å²) >= 11 is 0. The lowest BCUT2D eigenvalue weighted by atomic mass is 9.68. The maximum Gasteiger partial charge on any atom is 0.129 e. The molecule has 1 aromatic carbocycles. The van der Waals surface area contributed by atoms with Crippen LogP contribution in [0.3, 0.4) is 0 Å². The van der Waals surface area contributed by atoms with E-state index in [1.165, 1.54) is 5.56 Å². The molecule has 2 aliphatic rings. The first kappa shape index (κ1) is 17.2. The quantitative estimate of drug-likeness (QED) is 0.649. The summed E-state index contributed by atoms with van der Waals surface area (Å²) in [6, 6.07) is 15.2. The lowest BCUT2D eigenvalue weighted by Gasteiger charge is -2.42. The minimum absolute atomic E-state index is 0.0803. The van der Waals surface area contributed by atoms with Crippen molar-refractivity contribution >= 4 is 0 Å². The molecule has 2 bridgehead atoms. The van der Waals surface area contributed by atoms with Crippen molar-refractivity contribution in [2.45, 2.75) is 37.3 Å². The summed E-state index contributed by atoms with van der Waals surface area (Å²) in [5, 5.41) is 22.9. The Morgan fingerprint density at radius 2 is 1.84 bits per heavy atom. The number of hydrogen-bond donors (Lipinski definition) is 1. The second-order valence-corrected chi connectivity index (χ2v) is 6.84. The van der Waals surface area contributed by atoms with E-state index >= 15 is 0 Å². The summed E-state index contributed by atoms with van der Waals surface area (Å²) in [6.07, 6.45) is 6.79. The van der Waals surface area contributed by atoms with E-state index in [0.29, 0.717) is 6.04 Å². The van der Waals surface area contributed by atoms with Gasteiger partial charge in [-0.1, -0.05) is 42.5 Å². The van der Waals surface area contributed by atoms with Crippen LogP contribution in [0, 0.1) is 34.5 Å². The smallest absolute Gasteiger partial charge is 0.129 e. The maximum atomic E-state index is 9.60. The molecule has 126 valence electrons. The van der Waals surface area contributed by atoms with Crippen molar-refractivity contribution < 1.29 is 0 Å². The Labute approximate surface area is 150 Å². The predicted octanol–water partition coefficient (Wildman–Crippen LogP) is 4.24. The number of piperidine rings is 1. The molecule has 2 aliphatic heterocycles. The summed E-state index contributed by atoms with van der Waals surface area (Å²) in [4.78, 5) is 0. The van der Waals surface area contributed by atoms with E-state index in [4.69, 9.17) is 0 Å². The Hall–Kier alpha value is -2.62. The van der Waals surface area contributed by atoms with Crippen molar-refractivity contribution in [3.63, 3.8) is 0 Å². The third-order valence-electron chi connectivity index (χ3n) is 5.65. The number of hydrogen-bond acceptors (Lipinski definition) is 3. The fourth-order valence-electron chi connectivity index (χ4n) is 4.67. The monoisotopic (exact) mass is 329 g/mol. The number of nitrogens with zero attached hydrogens (tertiary/aromatic N) is 2. The number of benzene rings is 1. The summed E-state index contributed by atoms with van der Waals surface area (Å²) < 4.78 is 0. The molecule has 0 saturated carbocycles. The average molecular weight is 329 g/mol. The molecule has 0 aromatic heterocycles. The number of allylic oxidation sites excluding steroid dienone is 3. The van der Waals surface area contributed by atoms with E-state index < -0.39 is 0 Å². The fourth-order valence-corrected chi connectivity index (χ4v) is 4.67. The molecule has 0 spiro atoms. The number of nitriles is 2. The van der Waals surface area contributed by atoms with Gasteiger partial charge in [-0.15, -0.1) is 13.2 Å². The number of nitrogens with one attached hydrogen (secondary N) is 1. The van der Waals surface area contributed by atoms with Gasteiger partial charge < -0.3 is 5.32 Å². The van der Waals surface area contributed by atoms with Gasteiger partial charge in [-0.3, -0.25) is 0 Å². The highest BCUT2D eigenvalue weighted by atomic mass is 15.0. The molecule has 3 heteroatoms. The highest BCUT2D eigenvalue weighted by Crippen LogP contribution is 2.48. The van der Waals surface area contributed by atoms with Gasteiger partial charge in [0.15, 0.2) is 0 Å². The number of rotatable bonds is 5. The Morgan fingerprint density at radius 3 is 2.44 bits per heavy atom. The molecule has 3 nitrogen and oxygen atoms in total. The zero-order valence-corrected chi connectivity index (χ0v) is 14.4. The SMILES string of the molecule is C=CCC1C(=C(C#N)C#N)C([C@@H](C=C)c2ccccc2)[C@H]2CC[C@@H]1N2. The van der Waals surface area contributed by atoms with Crippen LogP contribution in [0.4, 0.5) is 0 Å². The number of fused-ring (bicyclic) bond motifs is 2. The lowest BCUT2D eigenvalue weighted by Crippen LogP contribution is -2.49. The van der Waals surface area contributed by atoms with Crippen molar-refractivity contribution in [2.24, 2.45) is 11.8 Å². The lowest BCUT2D eigenvalue weighted by molar-refractivity contribution is 0.281. The van der Waals surface area contributed by atoms with Crippen LogP contribution in [0.25, 0.3) is 0 Å². The molecule has 2 saturated heterocycles. The minimum atomic E-state index is 0.0803. The van der Waals surface area contributed by atoms with Crippen molar-refractivity contribution in [3.05, 3.63) is 72.4 Å². The van der Waals surface area contributed by atoms with Crippen LogP contribution in [0.15, 0.2) is 66.8 Å².